The minimum Gasteiger partial charge on any atom is -0.397 e. The number of aromatic nitrogens is 1. The van der Waals surface area contributed by atoms with Crippen molar-refractivity contribution in [1.29, 1.82) is 0 Å². The standard InChI is InChI=1S/C14H13N3O2/c15-12-7-16-6-9-5-8(1-2-10(9)12)11-3-4-13(18)17-14(11)19/h1-2,5-7,11H,3-4,15H2,(H,17,18,19). The number of anilines is 1. The topological polar surface area (TPSA) is 85.1 Å². The van der Waals surface area contributed by atoms with Gasteiger partial charge in [-0.3, -0.25) is 19.9 Å². The van der Waals surface area contributed by atoms with Gasteiger partial charge in [-0.15, -0.1) is 0 Å². The SMILES string of the molecule is Nc1cncc2cc(C3CCC(=O)NC3=O)ccc12. The van der Waals surface area contributed by atoms with Crippen molar-refractivity contribution in [2.45, 2.75) is 18.8 Å². The van der Waals surface area contributed by atoms with Crippen molar-refractivity contribution < 1.29 is 9.59 Å². The first-order valence-corrected chi connectivity index (χ1v) is 6.12. The highest BCUT2D eigenvalue weighted by molar-refractivity contribution is 6.01. The number of benzene rings is 1. The molecule has 0 aliphatic carbocycles. The lowest BCUT2D eigenvalue weighted by Crippen LogP contribution is -2.39. The van der Waals surface area contributed by atoms with E-state index in [-0.39, 0.29) is 17.7 Å². The lowest BCUT2D eigenvalue weighted by molar-refractivity contribution is -0.134. The second kappa shape index (κ2) is 4.35. The van der Waals surface area contributed by atoms with E-state index >= 15 is 0 Å². The van der Waals surface area contributed by atoms with E-state index in [0.29, 0.717) is 18.5 Å². The molecule has 96 valence electrons. The van der Waals surface area contributed by atoms with Crippen molar-refractivity contribution in [3.8, 4) is 0 Å². The Kier molecular flexibility index (Phi) is 2.67. The molecule has 1 aromatic carbocycles. The Bertz CT molecular complexity index is 681. The van der Waals surface area contributed by atoms with Gasteiger partial charge < -0.3 is 5.73 Å². The number of nitrogen functional groups attached to an aromatic ring is 1. The number of nitrogens with zero attached hydrogens (tertiary/aromatic N) is 1. The summed E-state index contributed by atoms with van der Waals surface area (Å²) in [6, 6.07) is 5.70. The second-order valence-electron chi connectivity index (χ2n) is 4.71. The lowest BCUT2D eigenvalue weighted by Gasteiger charge is -2.21. The number of carbonyl (C=O) groups is 2. The van der Waals surface area contributed by atoms with Gasteiger partial charge in [0.25, 0.3) is 0 Å². The van der Waals surface area contributed by atoms with Crippen molar-refractivity contribution in [3.05, 3.63) is 36.2 Å². The first-order chi connectivity index (χ1) is 9.15. The smallest absolute Gasteiger partial charge is 0.234 e. The van der Waals surface area contributed by atoms with Crippen molar-refractivity contribution in [2.24, 2.45) is 0 Å². The largest absolute Gasteiger partial charge is 0.397 e. The second-order valence-corrected chi connectivity index (χ2v) is 4.71. The average Bonchev–Trinajstić information content (AvgIpc) is 2.38. The Labute approximate surface area is 109 Å². The summed E-state index contributed by atoms with van der Waals surface area (Å²) in [6.45, 7) is 0. The van der Waals surface area contributed by atoms with E-state index in [0.717, 1.165) is 16.3 Å². The lowest BCUT2D eigenvalue weighted by atomic mass is 9.89. The van der Waals surface area contributed by atoms with E-state index in [1.54, 1.807) is 12.4 Å². The van der Waals surface area contributed by atoms with Crippen LogP contribution in [0.1, 0.15) is 24.3 Å². The van der Waals surface area contributed by atoms with Crippen LogP contribution in [0.2, 0.25) is 0 Å². The summed E-state index contributed by atoms with van der Waals surface area (Å²) < 4.78 is 0. The molecule has 3 rings (SSSR count). The minimum atomic E-state index is -0.275. The number of nitrogens with one attached hydrogen (secondary N) is 1. The van der Waals surface area contributed by atoms with Crippen LogP contribution < -0.4 is 11.1 Å². The number of piperidine rings is 1. The molecule has 2 amide bonds. The Morgan fingerprint density at radius 2 is 2.11 bits per heavy atom. The van der Waals surface area contributed by atoms with Gasteiger partial charge in [0.2, 0.25) is 11.8 Å². The first-order valence-electron chi connectivity index (χ1n) is 6.12. The normalized spacial score (nSPS) is 19.5. The summed E-state index contributed by atoms with van der Waals surface area (Å²) >= 11 is 0. The maximum absolute atomic E-state index is 11.8. The number of hydrogen-bond donors (Lipinski definition) is 2. The van der Waals surface area contributed by atoms with Crippen LogP contribution in [0, 0.1) is 0 Å². The molecule has 1 aliphatic heterocycles. The Morgan fingerprint density at radius 3 is 2.89 bits per heavy atom. The first kappa shape index (κ1) is 11.6. The predicted molar refractivity (Wildman–Crippen MR) is 71.3 cm³/mol. The average molecular weight is 255 g/mol. The third-order valence-corrected chi connectivity index (χ3v) is 3.46. The van der Waals surface area contributed by atoms with Crippen molar-refractivity contribution >= 4 is 28.3 Å². The number of carbonyl (C=O) groups excluding carboxylic acids is 2. The monoisotopic (exact) mass is 255 g/mol. The van der Waals surface area contributed by atoms with E-state index in [2.05, 4.69) is 10.3 Å². The van der Waals surface area contributed by atoms with E-state index < -0.39 is 0 Å². The number of imide groups is 1. The van der Waals surface area contributed by atoms with Crippen LogP contribution >= 0.6 is 0 Å². The van der Waals surface area contributed by atoms with Crippen LogP contribution in [-0.4, -0.2) is 16.8 Å². The molecular formula is C14H13N3O2. The quantitative estimate of drug-likeness (QED) is 0.753. The van der Waals surface area contributed by atoms with Gasteiger partial charge in [0.05, 0.1) is 17.8 Å². The molecule has 1 saturated heterocycles. The number of hydrogen-bond acceptors (Lipinski definition) is 4. The zero-order chi connectivity index (χ0) is 13.4. The molecule has 1 unspecified atom stereocenters. The Balaban J connectivity index is 2.02. The molecule has 0 bridgehead atoms. The third kappa shape index (κ3) is 2.03. The fourth-order valence-corrected chi connectivity index (χ4v) is 2.45. The number of rotatable bonds is 1. The molecule has 2 aromatic rings. The molecule has 0 radical (unpaired) electrons. The number of amides is 2. The molecule has 5 nitrogen and oxygen atoms in total. The number of pyridine rings is 1. The van der Waals surface area contributed by atoms with Gasteiger partial charge in [0.1, 0.15) is 0 Å². The highest BCUT2D eigenvalue weighted by Crippen LogP contribution is 2.28. The van der Waals surface area contributed by atoms with Crippen LogP contribution in [0.5, 0.6) is 0 Å². The summed E-state index contributed by atoms with van der Waals surface area (Å²) in [7, 11) is 0. The van der Waals surface area contributed by atoms with E-state index in [1.165, 1.54) is 0 Å². The molecule has 0 spiro atoms. The molecule has 0 saturated carbocycles. The van der Waals surface area contributed by atoms with E-state index in [9.17, 15) is 9.59 Å². The molecule has 5 heteroatoms. The minimum absolute atomic E-state index is 0.201. The number of fused-ring (bicyclic) bond motifs is 1. The Morgan fingerprint density at radius 1 is 1.26 bits per heavy atom. The third-order valence-electron chi connectivity index (χ3n) is 3.46. The van der Waals surface area contributed by atoms with Crippen molar-refractivity contribution in [3.63, 3.8) is 0 Å². The van der Waals surface area contributed by atoms with Crippen LogP contribution in [0.4, 0.5) is 5.69 Å². The summed E-state index contributed by atoms with van der Waals surface area (Å²) in [6.07, 6.45) is 4.25. The van der Waals surface area contributed by atoms with Gasteiger partial charge in [0.15, 0.2) is 0 Å². The molecule has 1 fully saturated rings. The maximum Gasteiger partial charge on any atom is 0.234 e. The molecular weight excluding hydrogens is 242 g/mol. The molecule has 2 heterocycles. The van der Waals surface area contributed by atoms with Gasteiger partial charge in [-0.25, -0.2) is 0 Å². The predicted octanol–water partition coefficient (Wildman–Crippen LogP) is 1.34. The fraction of sp³-hybridized carbons (Fsp3) is 0.214. The van der Waals surface area contributed by atoms with Gasteiger partial charge in [0, 0.05) is 23.4 Å². The van der Waals surface area contributed by atoms with E-state index in [4.69, 9.17) is 5.73 Å². The molecule has 3 N–H and O–H groups in total. The fourth-order valence-electron chi connectivity index (χ4n) is 2.45. The van der Waals surface area contributed by atoms with Gasteiger partial charge in [-0.2, -0.15) is 0 Å². The highest BCUT2D eigenvalue weighted by Gasteiger charge is 2.27. The molecule has 1 aliphatic rings. The Hall–Kier alpha value is -2.43. The summed E-state index contributed by atoms with van der Waals surface area (Å²) in [5.41, 5.74) is 7.36. The van der Waals surface area contributed by atoms with Crippen molar-refractivity contribution in [1.82, 2.24) is 10.3 Å². The van der Waals surface area contributed by atoms with Gasteiger partial charge in [-0.1, -0.05) is 12.1 Å². The van der Waals surface area contributed by atoms with Crippen LogP contribution in [-0.2, 0) is 9.59 Å². The summed E-state index contributed by atoms with van der Waals surface area (Å²) in [5.74, 6) is -0.705. The zero-order valence-electron chi connectivity index (χ0n) is 10.2. The van der Waals surface area contributed by atoms with Crippen molar-refractivity contribution in [2.75, 3.05) is 5.73 Å². The van der Waals surface area contributed by atoms with Crippen LogP contribution in [0.15, 0.2) is 30.6 Å². The molecule has 1 atom stereocenters. The maximum atomic E-state index is 11.8. The van der Waals surface area contributed by atoms with Gasteiger partial charge >= 0.3 is 0 Å². The molecule has 1 aromatic heterocycles. The number of nitrogens with two attached hydrogens (primary N) is 1. The summed E-state index contributed by atoms with van der Waals surface area (Å²) in [4.78, 5) is 27.0. The van der Waals surface area contributed by atoms with E-state index in [1.807, 2.05) is 18.2 Å². The summed E-state index contributed by atoms with van der Waals surface area (Å²) in [5, 5.41) is 4.20. The van der Waals surface area contributed by atoms with Crippen LogP contribution in [0.25, 0.3) is 10.8 Å². The highest BCUT2D eigenvalue weighted by atomic mass is 16.2. The zero-order valence-corrected chi connectivity index (χ0v) is 10.2. The molecule has 19 heavy (non-hydrogen) atoms. The van der Waals surface area contributed by atoms with Gasteiger partial charge in [-0.05, 0) is 18.1 Å². The van der Waals surface area contributed by atoms with Crippen LogP contribution in [0.3, 0.4) is 0 Å².